The van der Waals surface area contributed by atoms with Crippen LogP contribution in [0.2, 0.25) is 0 Å². The Morgan fingerprint density at radius 1 is 1.11 bits per heavy atom. The Morgan fingerprint density at radius 2 is 1.79 bits per heavy atom. The van der Waals surface area contributed by atoms with Crippen LogP contribution in [0.25, 0.3) is 0 Å². The second kappa shape index (κ2) is 6.73. The maximum Gasteiger partial charge on any atom is 0.136 e. The molecular formula is C16H18FNS. The van der Waals surface area contributed by atoms with E-state index in [1.807, 2.05) is 6.07 Å². The molecule has 0 aliphatic heterocycles. The number of rotatable bonds is 5. The summed E-state index contributed by atoms with van der Waals surface area (Å²) in [5.74, 6) is 0.493. The summed E-state index contributed by atoms with van der Waals surface area (Å²) in [6.45, 7) is 2.13. The first-order valence-electron chi connectivity index (χ1n) is 6.42. The van der Waals surface area contributed by atoms with E-state index in [-0.39, 0.29) is 11.9 Å². The van der Waals surface area contributed by atoms with Crippen LogP contribution < -0.4 is 5.73 Å². The van der Waals surface area contributed by atoms with Gasteiger partial charge in [-0.1, -0.05) is 43.3 Å². The predicted octanol–water partition coefficient (Wildman–Crippen LogP) is 4.18. The molecule has 1 nitrogen and oxygen atoms in total. The monoisotopic (exact) mass is 275 g/mol. The Kier molecular flexibility index (Phi) is 5.00. The Hall–Kier alpha value is -1.32. The molecule has 2 rings (SSSR count). The van der Waals surface area contributed by atoms with Crippen molar-refractivity contribution in [3.63, 3.8) is 0 Å². The van der Waals surface area contributed by atoms with Crippen molar-refractivity contribution in [2.75, 3.05) is 5.75 Å². The Morgan fingerprint density at radius 3 is 2.42 bits per heavy atom. The van der Waals surface area contributed by atoms with E-state index in [0.717, 1.165) is 12.0 Å². The standard InChI is InChI=1S/C16H18FNS/c1-2-12-7-9-13(10-8-12)15(18)11-19-16-6-4-3-5-14(16)17/h3-10,15H,2,11,18H2,1H3. The SMILES string of the molecule is CCc1ccc(C(N)CSc2ccccc2F)cc1. The first-order chi connectivity index (χ1) is 9.20. The van der Waals surface area contributed by atoms with E-state index in [0.29, 0.717) is 10.6 Å². The van der Waals surface area contributed by atoms with Crippen LogP contribution in [0, 0.1) is 5.82 Å². The molecule has 2 aromatic rings. The van der Waals surface area contributed by atoms with Crippen LogP contribution in [0.1, 0.15) is 24.1 Å². The van der Waals surface area contributed by atoms with E-state index < -0.39 is 0 Å². The molecule has 0 aliphatic carbocycles. The van der Waals surface area contributed by atoms with Gasteiger partial charge in [-0.3, -0.25) is 0 Å². The van der Waals surface area contributed by atoms with Gasteiger partial charge in [-0.15, -0.1) is 11.8 Å². The summed E-state index contributed by atoms with van der Waals surface area (Å²) in [5.41, 5.74) is 8.54. The maximum atomic E-state index is 13.5. The molecule has 0 spiro atoms. The van der Waals surface area contributed by atoms with Crippen LogP contribution in [0.3, 0.4) is 0 Å². The lowest BCUT2D eigenvalue weighted by Gasteiger charge is -2.12. The number of halogens is 1. The first kappa shape index (κ1) is 14.1. The molecule has 19 heavy (non-hydrogen) atoms. The normalized spacial score (nSPS) is 12.4. The van der Waals surface area contributed by atoms with Gasteiger partial charge in [0.25, 0.3) is 0 Å². The van der Waals surface area contributed by atoms with Crippen molar-refractivity contribution >= 4 is 11.8 Å². The zero-order valence-corrected chi connectivity index (χ0v) is 11.8. The molecule has 100 valence electrons. The molecule has 0 heterocycles. The van der Waals surface area contributed by atoms with Gasteiger partial charge in [-0.2, -0.15) is 0 Å². The fourth-order valence-electron chi connectivity index (χ4n) is 1.84. The van der Waals surface area contributed by atoms with E-state index in [2.05, 4.69) is 31.2 Å². The molecule has 0 saturated heterocycles. The van der Waals surface area contributed by atoms with Crippen LogP contribution in [0.4, 0.5) is 4.39 Å². The summed E-state index contributed by atoms with van der Waals surface area (Å²) in [7, 11) is 0. The van der Waals surface area contributed by atoms with E-state index >= 15 is 0 Å². The van der Waals surface area contributed by atoms with Crippen molar-refractivity contribution < 1.29 is 4.39 Å². The summed E-state index contributed by atoms with van der Waals surface area (Å²) < 4.78 is 13.5. The lowest BCUT2D eigenvalue weighted by molar-refractivity contribution is 0.602. The highest BCUT2D eigenvalue weighted by Gasteiger charge is 2.08. The van der Waals surface area contributed by atoms with Crippen molar-refractivity contribution in [3.8, 4) is 0 Å². The number of hydrogen-bond acceptors (Lipinski definition) is 2. The average molecular weight is 275 g/mol. The van der Waals surface area contributed by atoms with E-state index in [9.17, 15) is 4.39 Å². The minimum Gasteiger partial charge on any atom is -0.323 e. The fraction of sp³-hybridized carbons (Fsp3) is 0.250. The molecule has 0 amide bonds. The Labute approximate surface area is 118 Å². The molecule has 0 aliphatic rings. The highest BCUT2D eigenvalue weighted by molar-refractivity contribution is 7.99. The van der Waals surface area contributed by atoms with Gasteiger partial charge >= 0.3 is 0 Å². The molecule has 0 radical (unpaired) electrons. The van der Waals surface area contributed by atoms with Gasteiger partial charge in [0.05, 0.1) is 0 Å². The summed E-state index contributed by atoms with van der Waals surface area (Å²) in [6.07, 6.45) is 1.03. The lowest BCUT2D eigenvalue weighted by Crippen LogP contribution is -2.13. The van der Waals surface area contributed by atoms with Crippen molar-refractivity contribution in [3.05, 3.63) is 65.5 Å². The van der Waals surface area contributed by atoms with Crippen molar-refractivity contribution in [1.82, 2.24) is 0 Å². The summed E-state index contributed by atoms with van der Waals surface area (Å²) in [5, 5.41) is 0. The van der Waals surface area contributed by atoms with Crippen LogP contribution in [0.5, 0.6) is 0 Å². The number of aryl methyl sites for hydroxylation is 1. The van der Waals surface area contributed by atoms with E-state index in [1.54, 1.807) is 12.1 Å². The number of benzene rings is 2. The molecule has 1 atom stereocenters. The number of thioether (sulfide) groups is 1. The van der Waals surface area contributed by atoms with Gasteiger partial charge in [0.2, 0.25) is 0 Å². The zero-order chi connectivity index (χ0) is 13.7. The van der Waals surface area contributed by atoms with Gasteiger partial charge in [0, 0.05) is 16.7 Å². The predicted molar refractivity (Wildman–Crippen MR) is 79.9 cm³/mol. The Balaban J connectivity index is 1.97. The second-order valence-electron chi connectivity index (χ2n) is 4.44. The average Bonchev–Trinajstić information content (AvgIpc) is 2.46. The Bertz CT molecular complexity index is 525. The minimum atomic E-state index is -0.180. The molecule has 1 unspecified atom stereocenters. The van der Waals surface area contributed by atoms with E-state index in [1.165, 1.54) is 23.4 Å². The van der Waals surface area contributed by atoms with Gasteiger partial charge in [-0.05, 0) is 29.7 Å². The molecule has 2 aromatic carbocycles. The summed E-state index contributed by atoms with van der Waals surface area (Å²) in [6, 6.07) is 15.0. The third kappa shape index (κ3) is 3.82. The van der Waals surface area contributed by atoms with E-state index in [4.69, 9.17) is 5.73 Å². The largest absolute Gasteiger partial charge is 0.323 e. The molecule has 3 heteroatoms. The van der Waals surface area contributed by atoms with Crippen LogP contribution >= 0.6 is 11.8 Å². The third-order valence-corrected chi connectivity index (χ3v) is 4.24. The first-order valence-corrected chi connectivity index (χ1v) is 7.41. The van der Waals surface area contributed by atoms with Crippen molar-refractivity contribution in [2.24, 2.45) is 5.73 Å². The van der Waals surface area contributed by atoms with Crippen LogP contribution in [-0.4, -0.2) is 5.75 Å². The van der Waals surface area contributed by atoms with Gasteiger partial charge in [0.15, 0.2) is 0 Å². The molecule has 0 bridgehead atoms. The summed E-state index contributed by atoms with van der Waals surface area (Å²) in [4.78, 5) is 0.656. The molecule has 0 saturated carbocycles. The second-order valence-corrected chi connectivity index (χ2v) is 5.50. The topological polar surface area (TPSA) is 26.0 Å². The molecule has 0 fully saturated rings. The van der Waals surface area contributed by atoms with Crippen molar-refractivity contribution in [1.29, 1.82) is 0 Å². The molecule has 2 N–H and O–H groups in total. The third-order valence-electron chi connectivity index (χ3n) is 3.07. The smallest absolute Gasteiger partial charge is 0.136 e. The van der Waals surface area contributed by atoms with Crippen LogP contribution in [-0.2, 0) is 6.42 Å². The van der Waals surface area contributed by atoms with Crippen LogP contribution in [0.15, 0.2) is 53.4 Å². The fourth-order valence-corrected chi connectivity index (χ4v) is 2.77. The van der Waals surface area contributed by atoms with Gasteiger partial charge in [-0.25, -0.2) is 4.39 Å². The highest BCUT2D eigenvalue weighted by atomic mass is 32.2. The van der Waals surface area contributed by atoms with Gasteiger partial charge < -0.3 is 5.73 Å². The quantitative estimate of drug-likeness (QED) is 0.828. The molecular weight excluding hydrogens is 257 g/mol. The minimum absolute atomic E-state index is 0.0736. The van der Waals surface area contributed by atoms with Crippen molar-refractivity contribution in [2.45, 2.75) is 24.3 Å². The molecule has 0 aromatic heterocycles. The zero-order valence-electron chi connectivity index (χ0n) is 11.0. The lowest BCUT2D eigenvalue weighted by atomic mass is 10.1. The number of nitrogens with two attached hydrogens (primary N) is 1. The maximum absolute atomic E-state index is 13.5. The van der Waals surface area contributed by atoms with Gasteiger partial charge in [0.1, 0.15) is 5.82 Å². The highest BCUT2D eigenvalue weighted by Crippen LogP contribution is 2.25. The number of hydrogen-bond donors (Lipinski definition) is 1. The summed E-state index contributed by atoms with van der Waals surface area (Å²) >= 11 is 1.46.